The maximum atomic E-state index is 6.05. The minimum absolute atomic E-state index is 0.0696. The van der Waals surface area contributed by atoms with Crippen molar-refractivity contribution in [2.45, 2.75) is 25.6 Å². The first kappa shape index (κ1) is 12.2. The van der Waals surface area contributed by atoms with Gasteiger partial charge in [-0.15, -0.1) is 0 Å². The van der Waals surface area contributed by atoms with Crippen molar-refractivity contribution in [3.05, 3.63) is 77.9 Å². The third-order valence-corrected chi connectivity index (χ3v) is 3.51. The highest BCUT2D eigenvalue weighted by Crippen LogP contribution is 2.34. The number of rotatable bonds is 2. The molecule has 0 saturated heterocycles. The van der Waals surface area contributed by atoms with E-state index in [-0.39, 0.29) is 12.2 Å². The summed E-state index contributed by atoms with van der Waals surface area (Å²) in [7, 11) is 0. The summed E-state index contributed by atoms with van der Waals surface area (Å²) in [6, 6.07) is 21.0. The zero-order valence-corrected chi connectivity index (χ0v) is 11.1. The normalized spacial score (nSPS) is 22.9. The van der Waals surface area contributed by atoms with Crippen LogP contribution < -0.4 is 0 Å². The van der Waals surface area contributed by atoms with E-state index in [0.29, 0.717) is 0 Å². The minimum atomic E-state index is 0.0696. The molecule has 0 fully saturated rings. The van der Waals surface area contributed by atoms with Crippen molar-refractivity contribution >= 4 is 5.57 Å². The van der Waals surface area contributed by atoms with Crippen LogP contribution in [0.1, 0.15) is 30.6 Å². The molecule has 0 aliphatic carbocycles. The fourth-order valence-electron chi connectivity index (χ4n) is 2.58. The molecule has 19 heavy (non-hydrogen) atoms. The molecule has 1 heteroatoms. The molecule has 1 aliphatic rings. The Labute approximate surface area is 114 Å². The topological polar surface area (TPSA) is 9.23 Å². The summed E-state index contributed by atoms with van der Waals surface area (Å²) in [5, 5.41) is 0. The lowest BCUT2D eigenvalue weighted by atomic mass is 9.94. The first-order valence-corrected chi connectivity index (χ1v) is 6.79. The van der Waals surface area contributed by atoms with Gasteiger partial charge in [-0.3, -0.25) is 0 Å². The fourth-order valence-corrected chi connectivity index (χ4v) is 2.58. The lowest BCUT2D eigenvalue weighted by Gasteiger charge is -2.28. The summed E-state index contributed by atoms with van der Waals surface area (Å²) in [6.45, 7) is 2.14. The largest absolute Gasteiger partial charge is 0.366 e. The van der Waals surface area contributed by atoms with Gasteiger partial charge in [0.2, 0.25) is 0 Å². The van der Waals surface area contributed by atoms with Gasteiger partial charge >= 0.3 is 0 Å². The fraction of sp³-hybridized carbons (Fsp3) is 0.222. The van der Waals surface area contributed by atoms with Crippen LogP contribution in [0.3, 0.4) is 0 Å². The summed E-state index contributed by atoms with van der Waals surface area (Å²) in [4.78, 5) is 0. The van der Waals surface area contributed by atoms with E-state index in [1.54, 1.807) is 0 Å². The third-order valence-electron chi connectivity index (χ3n) is 3.51. The average molecular weight is 250 g/mol. The minimum Gasteiger partial charge on any atom is -0.366 e. The quantitative estimate of drug-likeness (QED) is 0.755. The molecule has 2 aromatic carbocycles. The molecule has 0 unspecified atom stereocenters. The van der Waals surface area contributed by atoms with Crippen LogP contribution in [0.4, 0.5) is 0 Å². The molecule has 0 saturated carbocycles. The molecular weight excluding hydrogens is 232 g/mol. The Morgan fingerprint density at radius 2 is 1.53 bits per heavy atom. The Balaban J connectivity index is 1.95. The van der Waals surface area contributed by atoms with Gasteiger partial charge in [0, 0.05) is 0 Å². The highest BCUT2D eigenvalue weighted by molar-refractivity contribution is 5.67. The Kier molecular flexibility index (Phi) is 3.47. The monoisotopic (exact) mass is 250 g/mol. The van der Waals surface area contributed by atoms with Crippen LogP contribution in [0.25, 0.3) is 5.57 Å². The van der Waals surface area contributed by atoms with Gasteiger partial charge in [-0.05, 0) is 36.1 Å². The van der Waals surface area contributed by atoms with Crippen molar-refractivity contribution in [3.63, 3.8) is 0 Å². The molecule has 1 nitrogen and oxygen atoms in total. The predicted molar refractivity (Wildman–Crippen MR) is 78.8 cm³/mol. The van der Waals surface area contributed by atoms with E-state index >= 15 is 0 Å². The van der Waals surface area contributed by atoms with Crippen LogP contribution in [0, 0.1) is 0 Å². The zero-order valence-electron chi connectivity index (χ0n) is 11.1. The summed E-state index contributed by atoms with van der Waals surface area (Å²) in [5.74, 6) is 0. The van der Waals surface area contributed by atoms with Crippen molar-refractivity contribution < 1.29 is 4.74 Å². The predicted octanol–water partition coefficient (Wildman–Crippen LogP) is 4.62. The first-order chi connectivity index (χ1) is 9.33. The number of hydrogen-bond donors (Lipinski definition) is 0. The van der Waals surface area contributed by atoms with E-state index in [1.165, 1.54) is 16.7 Å². The van der Waals surface area contributed by atoms with Crippen molar-refractivity contribution in [1.29, 1.82) is 0 Å². The molecule has 2 aromatic rings. The van der Waals surface area contributed by atoms with Gasteiger partial charge < -0.3 is 4.74 Å². The standard InChI is InChI=1S/C18H18O/c1-14-12-17(15-8-4-2-5-9-15)13-18(19-14)16-10-6-3-7-11-16/h2-11,13-14,18H,12H2,1H3/t14-,18-/m1/s1. The van der Waals surface area contributed by atoms with Crippen LogP contribution in [0.5, 0.6) is 0 Å². The second kappa shape index (κ2) is 5.41. The van der Waals surface area contributed by atoms with Gasteiger partial charge in [0.1, 0.15) is 6.10 Å². The second-order valence-electron chi connectivity index (χ2n) is 5.04. The lowest BCUT2D eigenvalue weighted by molar-refractivity contribution is 0.0193. The molecule has 3 rings (SSSR count). The highest BCUT2D eigenvalue weighted by atomic mass is 16.5. The molecule has 1 aliphatic heterocycles. The summed E-state index contributed by atoms with van der Waals surface area (Å²) >= 11 is 0. The van der Waals surface area contributed by atoms with Gasteiger partial charge in [0.05, 0.1) is 6.10 Å². The van der Waals surface area contributed by atoms with Crippen molar-refractivity contribution in [3.8, 4) is 0 Å². The summed E-state index contributed by atoms with van der Waals surface area (Å²) < 4.78 is 6.05. The molecule has 2 atom stereocenters. The van der Waals surface area contributed by atoms with E-state index in [2.05, 4.69) is 67.6 Å². The van der Waals surface area contributed by atoms with Crippen LogP contribution in [0.15, 0.2) is 66.7 Å². The molecular formula is C18H18O. The molecule has 96 valence electrons. The first-order valence-electron chi connectivity index (χ1n) is 6.79. The van der Waals surface area contributed by atoms with E-state index in [4.69, 9.17) is 4.74 Å². The van der Waals surface area contributed by atoms with Crippen LogP contribution in [-0.4, -0.2) is 6.10 Å². The van der Waals surface area contributed by atoms with E-state index < -0.39 is 0 Å². The number of hydrogen-bond acceptors (Lipinski definition) is 1. The molecule has 0 spiro atoms. The second-order valence-corrected chi connectivity index (χ2v) is 5.04. The lowest BCUT2D eigenvalue weighted by Crippen LogP contribution is -2.18. The summed E-state index contributed by atoms with van der Waals surface area (Å²) in [5.41, 5.74) is 3.91. The highest BCUT2D eigenvalue weighted by Gasteiger charge is 2.21. The number of ether oxygens (including phenoxy) is 1. The van der Waals surface area contributed by atoms with E-state index in [0.717, 1.165) is 6.42 Å². The van der Waals surface area contributed by atoms with Crippen LogP contribution in [0.2, 0.25) is 0 Å². The molecule has 0 bridgehead atoms. The van der Waals surface area contributed by atoms with Crippen LogP contribution in [-0.2, 0) is 4.74 Å². The van der Waals surface area contributed by atoms with Gasteiger partial charge in [0.15, 0.2) is 0 Å². The van der Waals surface area contributed by atoms with Gasteiger partial charge in [-0.1, -0.05) is 60.7 Å². The summed E-state index contributed by atoms with van der Waals surface area (Å²) in [6.07, 6.45) is 3.56. The Bertz CT molecular complexity index is 557. The molecule has 0 aromatic heterocycles. The smallest absolute Gasteiger partial charge is 0.102 e. The van der Waals surface area contributed by atoms with E-state index in [9.17, 15) is 0 Å². The Morgan fingerprint density at radius 3 is 2.21 bits per heavy atom. The maximum absolute atomic E-state index is 6.05. The zero-order chi connectivity index (χ0) is 13.1. The van der Waals surface area contributed by atoms with Gasteiger partial charge in [-0.2, -0.15) is 0 Å². The SMILES string of the molecule is C[C@@H]1CC(c2ccccc2)=C[C@H](c2ccccc2)O1. The number of benzene rings is 2. The van der Waals surface area contributed by atoms with E-state index in [1.807, 2.05) is 6.07 Å². The van der Waals surface area contributed by atoms with Crippen molar-refractivity contribution in [1.82, 2.24) is 0 Å². The molecule has 1 heterocycles. The molecule has 0 radical (unpaired) electrons. The van der Waals surface area contributed by atoms with Crippen molar-refractivity contribution in [2.24, 2.45) is 0 Å². The molecule has 0 N–H and O–H groups in total. The third kappa shape index (κ3) is 2.77. The maximum Gasteiger partial charge on any atom is 0.102 e. The Morgan fingerprint density at radius 1 is 0.895 bits per heavy atom. The Hall–Kier alpha value is -1.86. The van der Waals surface area contributed by atoms with Crippen LogP contribution >= 0.6 is 0 Å². The van der Waals surface area contributed by atoms with Crippen molar-refractivity contribution in [2.75, 3.05) is 0 Å². The average Bonchev–Trinajstić information content (AvgIpc) is 2.48. The van der Waals surface area contributed by atoms with Gasteiger partial charge in [-0.25, -0.2) is 0 Å². The molecule has 0 amide bonds. The van der Waals surface area contributed by atoms with Gasteiger partial charge in [0.25, 0.3) is 0 Å².